The molecule has 0 aliphatic carbocycles. The summed E-state index contributed by atoms with van der Waals surface area (Å²) in [5, 5.41) is 2.27. The van der Waals surface area contributed by atoms with Crippen molar-refractivity contribution in [1.82, 2.24) is 5.06 Å². The lowest BCUT2D eigenvalue weighted by Crippen LogP contribution is -2.35. The Morgan fingerprint density at radius 1 is 1.19 bits per heavy atom. The van der Waals surface area contributed by atoms with Crippen LogP contribution < -0.4 is 0 Å². The highest BCUT2D eigenvalue weighted by Gasteiger charge is 2.28. The zero-order chi connectivity index (χ0) is 10.8. The van der Waals surface area contributed by atoms with Crippen molar-refractivity contribution in [3.8, 4) is 0 Å². The van der Waals surface area contributed by atoms with E-state index in [1.165, 1.54) is 5.56 Å². The van der Waals surface area contributed by atoms with Gasteiger partial charge >= 0.3 is 0 Å². The summed E-state index contributed by atoms with van der Waals surface area (Å²) >= 11 is 1.91. The highest BCUT2D eigenvalue weighted by atomic mass is 32.2. The molecule has 0 spiro atoms. The van der Waals surface area contributed by atoms with Crippen LogP contribution in [0.4, 0.5) is 0 Å². The zero-order valence-corrected chi connectivity index (χ0v) is 9.64. The molecule has 16 heavy (non-hydrogen) atoms. The van der Waals surface area contributed by atoms with Crippen LogP contribution in [0.3, 0.4) is 0 Å². The molecule has 2 nitrogen and oxygen atoms in total. The first-order valence-corrected chi connectivity index (χ1v) is 6.45. The molecule has 2 heterocycles. The fraction of sp³-hybridized carbons (Fsp3) is 0.231. The molecule has 2 atom stereocenters. The maximum absolute atomic E-state index is 5.95. The van der Waals surface area contributed by atoms with Gasteiger partial charge in [-0.1, -0.05) is 36.4 Å². The molecule has 0 bridgehead atoms. The second-order valence-electron chi connectivity index (χ2n) is 3.81. The van der Waals surface area contributed by atoms with Gasteiger partial charge in [-0.2, -0.15) is 0 Å². The van der Waals surface area contributed by atoms with Gasteiger partial charge in [-0.3, -0.25) is 4.84 Å². The van der Waals surface area contributed by atoms with E-state index in [0.29, 0.717) is 5.37 Å². The van der Waals surface area contributed by atoms with Crippen LogP contribution in [0.5, 0.6) is 0 Å². The first-order valence-electron chi connectivity index (χ1n) is 5.40. The monoisotopic (exact) mass is 231 g/mol. The molecule has 0 aromatic heterocycles. The Morgan fingerprint density at radius 3 is 2.94 bits per heavy atom. The van der Waals surface area contributed by atoms with Crippen molar-refractivity contribution in [2.24, 2.45) is 0 Å². The van der Waals surface area contributed by atoms with Gasteiger partial charge in [0, 0.05) is 12.0 Å². The van der Waals surface area contributed by atoms with Gasteiger partial charge in [0.15, 0.2) is 0 Å². The van der Waals surface area contributed by atoms with E-state index in [1.54, 1.807) is 0 Å². The van der Waals surface area contributed by atoms with E-state index < -0.39 is 0 Å². The number of benzene rings is 1. The Kier molecular flexibility index (Phi) is 2.72. The van der Waals surface area contributed by atoms with Crippen molar-refractivity contribution >= 4 is 11.8 Å². The van der Waals surface area contributed by atoms with Gasteiger partial charge in [-0.15, -0.1) is 11.8 Å². The molecule has 1 aromatic carbocycles. The summed E-state index contributed by atoms with van der Waals surface area (Å²) in [6, 6.07) is 10.4. The summed E-state index contributed by atoms with van der Waals surface area (Å²) in [6.45, 7) is 0. The minimum absolute atomic E-state index is 0.165. The molecule has 2 aliphatic rings. The first kappa shape index (κ1) is 10.00. The van der Waals surface area contributed by atoms with Gasteiger partial charge in [0.2, 0.25) is 0 Å². The fourth-order valence-corrected chi connectivity index (χ4v) is 2.97. The van der Waals surface area contributed by atoms with Crippen molar-refractivity contribution in [2.75, 3.05) is 5.75 Å². The number of allylic oxidation sites excluding steroid dienone is 2. The van der Waals surface area contributed by atoms with Gasteiger partial charge < -0.3 is 0 Å². The predicted octanol–water partition coefficient (Wildman–Crippen LogP) is 3.12. The van der Waals surface area contributed by atoms with Crippen LogP contribution in [0.2, 0.25) is 0 Å². The highest BCUT2D eigenvalue weighted by Crippen LogP contribution is 2.35. The molecule has 0 N–H and O–H groups in total. The number of nitrogens with zero attached hydrogens (tertiary/aromatic N) is 1. The Balaban J connectivity index is 1.76. The topological polar surface area (TPSA) is 12.5 Å². The van der Waals surface area contributed by atoms with Crippen LogP contribution in [0, 0.1) is 0 Å². The predicted molar refractivity (Wildman–Crippen MR) is 66.6 cm³/mol. The van der Waals surface area contributed by atoms with E-state index in [0.717, 1.165) is 5.75 Å². The Bertz CT molecular complexity index is 415. The lowest BCUT2D eigenvalue weighted by molar-refractivity contribution is -0.166. The molecular weight excluding hydrogens is 218 g/mol. The van der Waals surface area contributed by atoms with Crippen LogP contribution in [0.25, 0.3) is 0 Å². The normalized spacial score (nSPS) is 27.9. The number of fused-ring (bicyclic) bond motifs is 1. The Hall–Kier alpha value is -1.19. The van der Waals surface area contributed by atoms with E-state index in [1.807, 2.05) is 35.2 Å². The molecule has 3 rings (SSSR count). The van der Waals surface area contributed by atoms with Gasteiger partial charge in [-0.05, 0) is 17.7 Å². The molecule has 0 saturated carbocycles. The summed E-state index contributed by atoms with van der Waals surface area (Å²) in [6.07, 6.45) is 8.39. The number of hydrogen-bond acceptors (Lipinski definition) is 3. The second-order valence-corrected chi connectivity index (χ2v) is 4.96. The molecule has 0 radical (unpaired) electrons. The van der Waals surface area contributed by atoms with Crippen LogP contribution in [-0.2, 0) is 4.84 Å². The van der Waals surface area contributed by atoms with Crippen molar-refractivity contribution in [3.63, 3.8) is 0 Å². The van der Waals surface area contributed by atoms with Crippen LogP contribution in [-0.4, -0.2) is 16.2 Å². The summed E-state index contributed by atoms with van der Waals surface area (Å²) in [4.78, 5) is 5.95. The average Bonchev–Trinajstić information content (AvgIpc) is 2.39. The molecule has 3 heteroatoms. The molecular formula is C13H13NOS. The summed E-state index contributed by atoms with van der Waals surface area (Å²) in [5.41, 5.74) is 1.25. The van der Waals surface area contributed by atoms with Crippen molar-refractivity contribution < 1.29 is 4.84 Å². The van der Waals surface area contributed by atoms with Crippen LogP contribution in [0.1, 0.15) is 11.7 Å². The van der Waals surface area contributed by atoms with E-state index in [4.69, 9.17) is 4.84 Å². The summed E-state index contributed by atoms with van der Waals surface area (Å²) in [7, 11) is 0. The SMILES string of the molecule is C1=CC2SCC(c3ccccc3)ON2C=C1. The highest BCUT2D eigenvalue weighted by molar-refractivity contribution is 8.00. The van der Waals surface area contributed by atoms with Gasteiger partial charge in [0.1, 0.15) is 11.5 Å². The van der Waals surface area contributed by atoms with Gasteiger partial charge in [0.25, 0.3) is 0 Å². The number of hydroxylamine groups is 2. The third kappa shape index (κ3) is 1.88. The number of thioether (sulfide) groups is 1. The summed E-state index contributed by atoms with van der Waals surface area (Å²) < 4.78 is 0. The molecule has 1 fully saturated rings. The van der Waals surface area contributed by atoms with E-state index in [9.17, 15) is 0 Å². The fourth-order valence-electron chi connectivity index (χ4n) is 1.88. The molecule has 1 aromatic rings. The largest absolute Gasteiger partial charge is 0.264 e. The van der Waals surface area contributed by atoms with Gasteiger partial charge in [-0.25, -0.2) is 5.06 Å². The lowest BCUT2D eigenvalue weighted by Gasteiger charge is -2.37. The van der Waals surface area contributed by atoms with Crippen LogP contribution >= 0.6 is 11.8 Å². The molecule has 2 unspecified atom stereocenters. The second kappa shape index (κ2) is 4.36. The third-order valence-electron chi connectivity index (χ3n) is 2.71. The molecule has 0 amide bonds. The lowest BCUT2D eigenvalue weighted by atomic mass is 10.1. The van der Waals surface area contributed by atoms with Crippen molar-refractivity contribution in [2.45, 2.75) is 11.5 Å². The maximum atomic E-state index is 5.95. The number of rotatable bonds is 1. The minimum atomic E-state index is 0.165. The molecule has 2 aliphatic heterocycles. The third-order valence-corrected chi connectivity index (χ3v) is 3.91. The van der Waals surface area contributed by atoms with E-state index >= 15 is 0 Å². The standard InChI is InChI=1S/C13H13NOS/c1-2-6-11(7-3-1)12-10-16-13-8-4-5-9-14(13)15-12/h1-9,12-13H,10H2. The van der Waals surface area contributed by atoms with E-state index in [2.05, 4.69) is 36.4 Å². The Morgan fingerprint density at radius 2 is 2.06 bits per heavy atom. The van der Waals surface area contributed by atoms with Crippen molar-refractivity contribution in [3.05, 3.63) is 60.3 Å². The van der Waals surface area contributed by atoms with Gasteiger partial charge in [0.05, 0.1) is 0 Å². The smallest absolute Gasteiger partial charge is 0.120 e. The molecule has 82 valence electrons. The molecule has 1 saturated heterocycles. The summed E-state index contributed by atoms with van der Waals surface area (Å²) in [5.74, 6) is 1.00. The number of hydrogen-bond donors (Lipinski definition) is 0. The Labute approximate surface area is 99.5 Å². The van der Waals surface area contributed by atoms with Crippen molar-refractivity contribution in [1.29, 1.82) is 0 Å². The van der Waals surface area contributed by atoms with E-state index in [-0.39, 0.29) is 6.10 Å². The maximum Gasteiger partial charge on any atom is 0.120 e. The quantitative estimate of drug-likeness (QED) is 0.737. The average molecular weight is 231 g/mol. The minimum Gasteiger partial charge on any atom is -0.264 e. The zero-order valence-electron chi connectivity index (χ0n) is 8.82. The first-order chi connectivity index (χ1) is 7.93. The van der Waals surface area contributed by atoms with Crippen LogP contribution in [0.15, 0.2) is 54.8 Å².